The van der Waals surface area contributed by atoms with Gasteiger partial charge in [0.15, 0.2) is 5.13 Å². The number of carboxylic acid groups (broad SMARTS) is 1. The zero-order chi connectivity index (χ0) is 28.0. The quantitative estimate of drug-likeness (QED) is 0.0905. The minimum Gasteiger partial charge on any atom is -0.476 e. The highest BCUT2D eigenvalue weighted by atomic mass is 35.5. The minimum atomic E-state index is -1.44. The van der Waals surface area contributed by atoms with E-state index in [1.165, 1.54) is 0 Å². The van der Waals surface area contributed by atoms with Crippen molar-refractivity contribution in [2.24, 2.45) is 5.16 Å². The van der Waals surface area contributed by atoms with Crippen LogP contribution < -0.4 is 5.32 Å². The molecule has 5 aromatic rings. The summed E-state index contributed by atoms with van der Waals surface area (Å²) in [5.41, 5.74) is 0.545. The van der Waals surface area contributed by atoms with Crippen molar-refractivity contribution in [1.29, 1.82) is 0 Å². The summed E-state index contributed by atoms with van der Waals surface area (Å²) in [7, 11) is 0. The summed E-state index contributed by atoms with van der Waals surface area (Å²) in [5.74, 6) is -1.32. The van der Waals surface area contributed by atoms with Gasteiger partial charge in [0.05, 0.1) is 5.41 Å². The number of tetrazole rings is 1. The largest absolute Gasteiger partial charge is 0.476 e. The van der Waals surface area contributed by atoms with Crippen molar-refractivity contribution in [2.75, 3.05) is 5.32 Å². The van der Waals surface area contributed by atoms with E-state index in [4.69, 9.17) is 16.4 Å². The van der Waals surface area contributed by atoms with E-state index in [0.29, 0.717) is 6.41 Å². The Morgan fingerprint density at radius 2 is 1.55 bits per heavy atom. The molecule has 1 atom stereocenters. The molecule has 11 nitrogen and oxygen atoms in total. The SMILES string of the molecule is O=CNc1nc(C(=NOC(c2nn[nH]n2)C(c2ccccc2)(c2ccccc2)c2ccccc2)C(=O)O)c(Cl)s1. The number of anilines is 1. The summed E-state index contributed by atoms with van der Waals surface area (Å²) in [5, 5.41) is 31.2. The molecule has 0 aliphatic rings. The van der Waals surface area contributed by atoms with Gasteiger partial charge < -0.3 is 15.3 Å². The maximum Gasteiger partial charge on any atom is 0.360 e. The van der Waals surface area contributed by atoms with Gasteiger partial charge in [0.2, 0.25) is 24.1 Å². The number of amides is 1. The number of nitrogens with zero attached hydrogens (tertiary/aromatic N) is 5. The Morgan fingerprint density at radius 3 is 2.00 bits per heavy atom. The number of oxime groups is 1. The van der Waals surface area contributed by atoms with Crippen LogP contribution >= 0.6 is 22.9 Å². The van der Waals surface area contributed by atoms with Crippen molar-refractivity contribution >= 4 is 46.2 Å². The molecule has 2 heterocycles. The molecule has 13 heteroatoms. The van der Waals surface area contributed by atoms with Gasteiger partial charge in [-0.2, -0.15) is 5.21 Å². The number of halogens is 1. The summed E-state index contributed by atoms with van der Waals surface area (Å²) in [6, 6.07) is 28.7. The van der Waals surface area contributed by atoms with E-state index in [-0.39, 0.29) is 21.0 Å². The van der Waals surface area contributed by atoms with E-state index in [1.54, 1.807) is 0 Å². The Hall–Kier alpha value is -4.94. The lowest BCUT2D eigenvalue weighted by atomic mass is 9.65. The summed E-state index contributed by atoms with van der Waals surface area (Å²) in [6.45, 7) is 0. The van der Waals surface area contributed by atoms with E-state index < -0.39 is 23.2 Å². The zero-order valence-electron chi connectivity index (χ0n) is 20.5. The molecule has 0 fully saturated rings. The molecule has 0 aliphatic carbocycles. The minimum absolute atomic E-state index is 0.00523. The van der Waals surface area contributed by atoms with Crippen LogP contribution in [0.5, 0.6) is 0 Å². The lowest BCUT2D eigenvalue weighted by Crippen LogP contribution is -2.38. The average molecular weight is 574 g/mol. The molecule has 1 unspecified atom stereocenters. The third kappa shape index (κ3) is 5.05. The van der Waals surface area contributed by atoms with Crippen LogP contribution in [0.2, 0.25) is 4.34 Å². The number of thiazole rings is 1. The highest BCUT2D eigenvalue weighted by molar-refractivity contribution is 7.20. The number of hydrogen-bond donors (Lipinski definition) is 3. The van der Waals surface area contributed by atoms with Crippen molar-refractivity contribution in [3.63, 3.8) is 0 Å². The maximum absolute atomic E-state index is 12.3. The molecular formula is C27H20ClN7O4S. The molecular weight excluding hydrogens is 554 g/mol. The topological polar surface area (TPSA) is 155 Å². The molecule has 2 aromatic heterocycles. The Bertz CT molecular complexity index is 1520. The van der Waals surface area contributed by atoms with Crippen LogP contribution in [0.3, 0.4) is 0 Å². The van der Waals surface area contributed by atoms with Gasteiger partial charge in [-0.05, 0) is 16.7 Å². The maximum atomic E-state index is 12.3. The monoisotopic (exact) mass is 573 g/mol. The zero-order valence-corrected chi connectivity index (χ0v) is 22.1. The Balaban J connectivity index is 1.77. The molecule has 0 radical (unpaired) electrons. The van der Waals surface area contributed by atoms with Crippen LogP contribution in [0.1, 0.15) is 34.3 Å². The van der Waals surface area contributed by atoms with Crippen molar-refractivity contribution in [3.05, 3.63) is 124 Å². The van der Waals surface area contributed by atoms with Crippen molar-refractivity contribution in [3.8, 4) is 0 Å². The number of carbonyl (C=O) groups is 2. The second kappa shape index (κ2) is 11.8. The number of benzene rings is 3. The Labute approximate surface area is 236 Å². The highest BCUT2D eigenvalue weighted by Gasteiger charge is 2.49. The van der Waals surface area contributed by atoms with Gasteiger partial charge in [-0.15, -0.1) is 10.2 Å². The van der Waals surface area contributed by atoms with Gasteiger partial charge in [0.1, 0.15) is 10.0 Å². The van der Waals surface area contributed by atoms with E-state index in [9.17, 15) is 14.7 Å². The van der Waals surface area contributed by atoms with Crippen LogP contribution in [-0.4, -0.2) is 48.8 Å². The molecule has 0 bridgehead atoms. The van der Waals surface area contributed by atoms with Crippen LogP contribution in [0, 0.1) is 0 Å². The number of aliphatic carboxylic acids is 1. The first-order valence-corrected chi connectivity index (χ1v) is 13.0. The molecule has 3 aromatic carbocycles. The van der Waals surface area contributed by atoms with Crippen molar-refractivity contribution in [1.82, 2.24) is 25.6 Å². The molecule has 3 N–H and O–H groups in total. The summed E-state index contributed by atoms with van der Waals surface area (Å²) >= 11 is 7.16. The third-order valence-electron chi connectivity index (χ3n) is 6.12. The fourth-order valence-electron chi connectivity index (χ4n) is 4.51. The smallest absolute Gasteiger partial charge is 0.360 e. The second-order valence-corrected chi connectivity index (χ2v) is 9.91. The molecule has 5 rings (SSSR count). The first kappa shape index (κ1) is 26.7. The van der Waals surface area contributed by atoms with E-state index in [2.05, 4.69) is 36.1 Å². The number of aromatic nitrogens is 5. The number of rotatable bonds is 11. The molecule has 0 spiro atoms. The first-order valence-electron chi connectivity index (χ1n) is 11.8. The number of carbonyl (C=O) groups excluding carboxylic acids is 1. The Kier molecular flexibility index (Phi) is 7.89. The van der Waals surface area contributed by atoms with Gasteiger partial charge in [0, 0.05) is 0 Å². The highest BCUT2D eigenvalue weighted by Crippen LogP contribution is 2.49. The van der Waals surface area contributed by atoms with E-state index in [0.717, 1.165) is 28.0 Å². The van der Waals surface area contributed by atoms with Gasteiger partial charge in [0.25, 0.3) is 0 Å². The standard InChI is InChI=1S/C27H20ClN7O4S/c28-23-20(30-26(40-23)29-16-36)21(25(37)38)33-39-22(24-31-34-35-32-24)27(17-10-4-1-5-11-17,18-12-6-2-7-13-18)19-14-8-3-9-15-19/h1-16,22H,(H,37,38)(H,29,30,36)(H,31,32,34,35). The van der Waals surface area contributed by atoms with Gasteiger partial charge >= 0.3 is 5.97 Å². The fraction of sp³-hybridized carbons (Fsp3) is 0.0741. The average Bonchev–Trinajstić information content (AvgIpc) is 3.64. The second-order valence-electron chi connectivity index (χ2n) is 8.31. The van der Waals surface area contributed by atoms with Gasteiger partial charge in [-0.3, -0.25) is 4.79 Å². The van der Waals surface area contributed by atoms with Crippen LogP contribution in [0.25, 0.3) is 0 Å². The van der Waals surface area contributed by atoms with Crippen molar-refractivity contribution in [2.45, 2.75) is 11.5 Å². The van der Waals surface area contributed by atoms with E-state index in [1.807, 2.05) is 91.0 Å². The predicted molar refractivity (Wildman–Crippen MR) is 148 cm³/mol. The fourth-order valence-corrected chi connectivity index (χ4v) is 5.51. The predicted octanol–water partition coefficient (Wildman–Crippen LogP) is 4.46. The van der Waals surface area contributed by atoms with Crippen LogP contribution in [0.4, 0.5) is 5.13 Å². The molecule has 0 aliphatic heterocycles. The number of nitrogens with one attached hydrogen (secondary N) is 2. The number of carboxylic acids is 1. The lowest BCUT2D eigenvalue weighted by molar-refractivity contribution is -0.129. The van der Waals surface area contributed by atoms with Gasteiger partial charge in [-0.25, -0.2) is 9.78 Å². The third-order valence-corrected chi connectivity index (χ3v) is 7.31. The van der Waals surface area contributed by atoms with Crippen LogP contribution in [0.15, 0.2) is 96.2 Å². The summed E-state index contributed by atoms with van der Waals surface area (Å²) < 4.78 is 0.00523. The normalized spacial score (nSPS) is 12.5. The molecule has 1 amide bonds. The molecule has 200 valence electrons. The van der Waals surface area contributed by atoms with Crippen LogP contribution in [-0.2, 0) is 19.8 Å². The van der Waals surface area contributed by atoms with Crippen molar-refractivity contribution < 1.29 is 19.5 Å². The number of aromatic amines is 1. The summed E-state index contributed by atoms with van der Waals surface area (Å²) in [4.78, 5) is 33.5. The molecule has 0 saturated carbocycles. The molecule has 40 heavy (non-hydrogen) atoms. The lowest BCUT2D eigenvalue weighted by Gasteiger charge is -2.39. The molecule has 0 saturated heterocycles. The first-order chi connectivity index (χ1) is 19.6. The van der Waals surface area contributed by atoms with E-state index >= 15 is 0 Å². The summed E-state index contributed by atoms with van der Waals surface area (Å²) in [6.07, 6.45) is -0.717. The number of hydrogen-bond acceptors (Lipinski definition) is 9. The Morgan fingerprint density at radius 1 is 1.00 bits per heavy atom. The number of H-pyrrole nitrogens is 1. The van der Waals surface area contributed by atoms with Gasteiger partial charge in [-0.1, -0.05) is 124 Å².